The Balaban J connectivity index is 0.00000128. The molecule has 0 saturated carbocycles. The first-order chi connectivity index (χ1) is 6.97. The van der Waals surface area contributed by atoms with E-state index in [9.17, 15) is 13.0 Å². The summed E-state index contributed by atoms with van der Waals surface area (Å²) in [4.78, 5) is -0.182. The number of rotatable bonds is 1. The van der Waals surface area contributed by atoms with Crippen molar-refractivity contribution in [1.29, 1.82) is 0 Å². The molecular formula is C11H9KO3S. The summed E-state index contributed by atoms with van der Waals surface area (Å²) in [5.41, 5.74) is 1.10. The van der Waals surface area contributed by atoms with Crippen molar-refractivity contribution >= 4 is 20.9 Å². The summed E-state index contributed by atoms with van der Waals surface area (Å²) in [6.07, 6.45) is 0. The fraction of sp³-hybridized carbons (Fsp3) is 0.0909. The molecule has 0 atom stereocenters. The molecule has 0 aliphatic heterocycles. The molecule has 5 heteroatoms. The molecule has 0 heterocycles. The molecule has 2 aromatic rings. The van der Waals surface area contributed by atoms with Gasteiger partial charge in [-0.1, -0.05) is 29.8 Å². The van der Waals surface area contributed by atoms with Crippen LogP contribution < -0.4 is 51.4 Å². The summed E-state index contributed by atoms with van der Waals surface area (Å²) < 4.78 is 32.4. The van der Waals surface area contributed by atoms with Crippen LogP contribution in [-0.4, -0.2) is 13.0 Å². The van der Waals surface area contributed by atoms with Gasteiger partial charge in [0.25, 0.3) is 0 Å². The average Bonchev–Trinajstić information content (AvgIpc) is 2.15. The van der Waals surface area contributed by atoms with E-state index in [4.69, 9.17) is 0 Å². The zero-order valence-electron chi connectivity index (χ0n) is 9.10. The number of benzene rings is 2. The van der Waals surface area contributed by atoms with Crippen molar-refractivity contribution in [3.8, 4) is 0 Å². The SMILES string of the molecule is Cc1ccc2cc(S(=O)(=O)[O-])ccc2c1.[K+]. The Morgan fingerprint density at radius 1 is 1.00 bits per heavy atom. The van der Waals surface area contributed by atoms with Crippen molar-refractivity contribution in [3.63, 3.8) is 0 Å². The first-order valence-electron chi connectivity index (χ1n) is 4.43. The normalized spacial score (nSPS) is 11.1. The van der Waals surface area contributed by atoms with Crippen molar-refractivity contribution in [3.05, 3.63) is 42.0 Å². The molecule has 0 radical (unpaired) electrons. The maximum Gasteiger partial charge on any atom is 1.00 e. The van der Waals surface area contributed by atoms with Crippen LogP contribution in [-0.2, 0) is 10.1 Å². The molecule has 0 N–H and O–H groups in total. The third-order valence-corrected chi connectivity index (χ3v) is 3.09. The van der Waals surface area contributed by atoms with Gasteiger partial charge >= 0.3 is 51.4 Å². The molecule has 0 aliphatic carbocycles. The molecule has 0 fully saturated rings. The van der Waals surface area contributed by atoms with E-state index in [0.717, 1.165) is 16.3 Å². The average molecular weight is 260 g/mol. The van der Waals surface area contributed by atoms with Gasteiger partial charge in [0.05, 0.1) is 4.90 Å². The van der Waals surface area contributed by atoms with Crippen LogP contribution in [0.4, 0.5) is 0 Å². The molecule has 0 spiro atoms. The fourth-order valence-electron chi connectivity index (χ4n) is 1.50. The predicted molar refractivity (Wildman–Crippen MR) is 56.6 cm³/mol. The quantitative estimate of drug-likeness (QED) is 0.491. The summed E-state index contributed by atoms with van der Waals surface area (Å²) in [7, 11) is -4.35. The van der Waals surface area contributed by atoms with Gasteiger partial charge in [0.15, 0.2) is 0 Å². The van der Waals surface area contributed by atoms with E-state index in [2.05, 4.69) is 0 Å². The Morgan fingerprint density at radius 2 is 1.56 bits per heavy atom. The first kappa shape index (κ1) is 14.3. The second kappa shape index (κ2) is 5.26. The maximum absolute atomic E-state index is 10.8. The number of hydrogen-bond donors (Lipinski definition) is 0. The van der Waals surface area contributed by atoms with E-state index in [-0.39, 0.29) is 56.3 Å². The molecule has 0 aliphatic rings. The minimum Gasteiger partial charge on any atom is -0.744 e. The van der Waals surface area contributed by atoms with Crippen molar-refractivity contribution in [2.75, 3.05) is 0 Å². The molecular weight excluding hydrogens is 251 g/mol. The second-order valence-corrected chi connectivity index (χ2v) is 4.85. The summed E-state index contributed by atoms with van der Waals surface area (Å²) >= 11 is 0. The summed E-state index contributed by atoms with van der Waals surface area (Å²) in [6, 6.07) is 10.0. The monoisotopic (exact) mass is 260 g/mol. The van der Waals surface area contributed by atoms with Crippen LogP contribution in [0.5, 0.6) is 0 Å². The standard InChI is InChI=1S/C11H10O3S.K/c1-8-2-3-10-7-11(15(12,13)14)5-4-9(10)6-8;/h2-7H,1H3,(H,12,13,14);/q;+1/p-1. The van der Waals surface area contributed by atoms with Crippen LogP contribution in [0.1, 0.15) is 5.56 Å². The molecule has 0 unspecified atom stereocenters. The van der Waals surface area contributed by atoms with Gasteiger partial charge in [-0.3, -0.25) is 0 Å². The predicted octanol–water partition coefficient (Wildman–Crippen LogP) is -0.944. The first-order valence-corrected chi connectivity index (χ1v) is 5.84. The van der Waals surface area contributed by atoms with Crippen LogP contribution >= 0.6 is 0 Å². The van der Waals surface area contributed by atoms with Gasteiger partial charge in [0, 0.05) is 0 Å². The van der Waals surface area contributed by atoms with E-state index in [0.29, 0.717) is 0 Å². The van der Waals surface area contributed by atoms with Crippen molar-refractivity contribution in [1.82, 2.24) is 0 Å². The third-order valence-electron chi connectivity index (χ3n) is 2.26. The molecule has 0 aromatic heterocycles. The summed E-state index contributed by atoms with van der Waals surface area (Å²) in [5.74, 6) is 0. The molecule has 0 saturated heterocycles. The van der Waals surface area contributed by atoms with Gasteiger partial charge in [-0.2, -0.15) is 0 Å². The maximum atomic E-state index is 10.8. The summed E-state index contributed by atoms with van der Waals surface area (Å²) in [6.45, 7) is 1.96. The van der Waals surface area contributed by atoms with Crippen LogP contribution in [0.2, 0.25) is 0 Å². The van der Waals surface area contributed by atoms with Crippen molar-refractivity contribution in [2.45, 2.75) is 11.8 Å². The minimum absolute atomic E-state index is 0. The van der Waals surface area contributed by atoms with E-state index >= 15 is 0 Å². The summed E-state index contributed by atoms with van der Waals surface area (Å²) in [5, 5.41) is 1.69. The third kappa shape index (κ3) is 3.13. The molecule has 2 rings (SSSR count). The topological polar surface area (TPSA) is 57.2 Å². The van der Waals surface area contributed by atoms with E-state index in [1.54, 1.807) is 12.1 Å². The Labute approximate surface area is 137 Å². The zero-order valence-corrected chi connectivity index (χ0v) is 13.0. The van der Waals surface area contributed by atoms with Crippen molar-refractivity contribution < 1.29 is 64.4 Å². The number of hydrogen-bond acceptors (Lipinski definition) is 3. The minimum atomic E-state index is -4.35. The largest absolute Gasteiger partial charge is 1.00 e. The molecule has 0 bridgehead atoms. The van der Waals surface area contributed by atoms with Gasteiger partial charge in [-0.25, -0.2) is 8.42 Å². The van der Waals surface area contributed by atoms with E-state index in [1.165, 1.54) is 12.1 Å². The van der Waals surface area contributed by atoms with Gasteiger partial charge in [0.2, 0.25) is 0 Å². The van der Waals surface area contributed by atoms with Crippen LogP contribution in [0, 0.1) is 6.92 Å². The molecule has 78 valence electrons. The van der Waals surface area contributed by atoms with Crippen molar-refractivity contribution in [2.24, 2.45) is 0 Å². The van der Waals surface area contributed by atoms with Crippen LogP contribution in [0.15, 0.2) is 41.3 Å². The molecule has 2 aromatic carbocycles. The van der Waals surface area contributed by atoms with Crippen LogP contribution in [0.25, 0.3) is 10.8 Å². The second-order valence-electron chi connectivity index (χ2n) is 3.47. The zero-order chi connectivity index (χ0) is 11.1. The van der Waals surface area contributed by atoms with Gasteiger partial charge in [-0.15, -0.1) is 0 Å². The smallest absolute Gasteiger partial charge is 0.744 e. The number of fused-ring (bicyclic) bond motifs is 1. The Morgan fingerprint density at radius 3 is 2.19 bits per heavy atom. The molecule has 0 amide bonds. The van der Waals surface area contributed by atoms with Gasteiger partial charge in [-0.05, 0) is 29.8 Å². The van der Waals surface area contributed by atoms with Crippen LogP contribution in [0.3, 0.4) is 0 Å². The van der Waals surface area contributed by atoms with Gasteiger partial charge < -0.3 is 4.55 Å². The number of aryl methyl sites for hydroxylation is 1. The Hall–Kier alpha value is 0.246. The van der Waals surface area contributed by atoms with E-state index < -0.39 is 10.1 Å². The molecule has 3 nitrogen and oxygen atoms in total. The Kier molecular flexibility index (Phi) is 4.71. The van der Waals surface area contributed by atoms with Gasteiger partial charge in [0.1, 0.15) is 10.1 Å². The fourth-order valence-corrected chi connectivity index (χ4v) is 2.00. The Bertz CT molecular complexity index is 620. The van der Waals surface area contributed by atoms with E-state index in [1.807, 2.05) is 19.1 Å². The molecule has 16 heavy (non-hydrogen) atoms.